The quantitative estimate of drug-likeness (QED) is 0.631. The Labute approximate surface area is 124 Å². The van der Waals surface area contributed by atoms with Gasteiger partial charge in [0.15, 0.2) is 17.5 Å². The highest BCUT2D eigenvalue weighted by atomic mass is 32.1. The molecule has 0 aliphatic carbocycles. The summed E-state index contributed by atoms with van der Waals surface area (Å²) in [7, 11) is 0. The Bertz CT molecular complexity index is 764. The molecule has 108 valence electrons. The fraction of sp³-hybridized carbons (Fsp3) is 0.125. The van der Waals surface area contributed by atoms with Gasteiger partial charge in [-0.1, -0.05) is 18.2 Å². The molecule has 21 heavy (non-hydrogen) atoms. The van der Waals surface area contributed by atoms with Crippen LogP contribution in [-0.4, -0.2) is 0 Å². The molecule has 1 aromatic heterocycles. The molecule has 0 aliphatic heterocycles. The van der Waals surface area contributed by atoms with Crippen LogP contribution in [0.15, 0.2) is 42.5 Å². The van der Waals surface area contributed by atoms with Crippen LogP contribution in [0.2, 0.25) is 0 Å². The fourth-order valence-electron chi connectivity index (χ4n) is 2.16. The molecule has 0 radical (unpaired) electrons. The summed E-state index contributed by atoms with van der Waals surface area (Å²) in [4.78, 5) is 1.00. The SMILES string of the molecule is CC(Nc1ccc(F)c(F)c1F)c1cc2ccccc2s1. The van der Waals surface area contributed by atoms with E-state index in [1.807, 2.05) is 37.3 Å². The summed E-state index contributed by atoms with van der Waals surface area (Å²) in [6.45, 7) is 1.85. The third-order valence-corrected chi connectivity index (χ3v) is 4.58. The van der Waals surface area contributed by atoms with Crippen LogP contribution in [0, 0.1) is 17.5 Å². The highest BCUT2D eigenvalue weighted by Gasteiger charge is 2.16. The van der Waals surface area contributed by atoms with E-state index in [1.165, 1.54) is 6.07 Å². The first-order valence-corrected chi connectivity index (χ1v) is 7.26. The average molecular weight is 307 g/mol. The summed E-state index contributed by atoms with van der Waals surface area (Å²) in [6.07, 6.45) is 0. The van der Waals surface area contributed by atoms with Gasteiger partial charge in [0.1, 0.15) is 0 Å². The van der Waals surface area contributed by atoms with Gasteiger partial charge in [0, 0.05) is 9.58 Å². The van der Waals surface area contributed by atoms with Crippen molar-refractivity contribution in [1.82, 2.24) is 0 Å². The second kappa shape index (κ2) is 5.41. The van der Waals surface area contributed by atoms with E-state index in [0.717, 1.165) is 21.0 Å². The van der Waals surface area contributed by atoms with Crippen molar-refractivity contribution in [3.8, 4) is 0 Å². The van der Waals surface area contributed by atoms with Crippen molar-refractivity contribution < 1.29 is 13.2 Å². The summed E-state index contributed by atoms with van der Waals surface area (Å²) >= 11 is 1.59. The van der Waals surface area contributed by atoms with Crippen LogP contribution in [0.25, 0.3) is 10.1 Å². The van der Waals surface area contributed by atoms with E-state index < -0.39 is 17.5 Å². The summed E-state index contributed by atoms with van der Waals surface area (Å²) in [6, 6.07) is 11.8. The second-order valence-electron chi connectivity index (χ2n) is 4.78. The normalized spacial score (nSPS) is 12.6. The molecule has 2 aromatic carbocycles. The van der Waals surface area contributed by atoms with Crippen LogP contribution >= 0.6 is 11.3 Å². The lowest BCUT2D eigenvalue weighted by Gasteiger charge is -2.14. The van der Waals surface area contributed by atoms with Crippen LogP contribution < -0.4 is 5.32 Å². The molecule has 1 heterocycles. The number of fused-ring (bicyclic) bond motifs is 1. The molecule has 0 saturated carbocycles. The Morgan fingerprint density at radius 2 is 1.76 bits per heavy atom. The van der Waals surface area contributed by atoms with Gasteiger partial charge in [0.25, 0.3) is 0 Å². The number of halogens is 3. The van der Waals surface area contributed by atoms with E-state index in [1.54, 1.807) is 11.3 Å². The van der Waals surface area contributed by atoms with Gasteiger partial charge >= 0.3 is 0 Å². The third kappa shape index (κ3) is 2.61. The molecule has 0 saturated heterocycles. The van der Waals surface area contributed by atoms with E-state index in [-0.39, 0.29) is 11.7 Å². The molecular formula is C16H12F3NS. The Morgan fingerprint density at radius 1 is 1.00 bits per heavy atom. The maximum atomic E-state index is 13.7. The number of hydrogen-bond donors (Lipinski definition) is 1. The Balaban J connectivity index is 1.89. The number of thiophene rings is 1. The topological polar surface area (TPSA) is 12.0 Å². The van der Waals surface area contributed by atoms with E-state index in [2.05, 4.69) is 5.32 Å². The Hall–Kier alpha value is -2.01. The van der Waals surface area contributed by atoms with Crippen molar-refractivity contribution in [3.63, 3.8) is 0 Å². The number of rotatable bonds is 3. The number of hydrogen-bond acceptors (Lipinski definition) is 2. The van der Waals surface area contributed by atoms with Crippen molar-refractivity contribution in [2.24, 2.45) is 0 Å². The monoisotopic (exact) mass is 307 g/mol. The van der Waals surface area contributed by atoms with Gasteiger partial charge in [0.2, 0.25) is 0 Å². The van der Waals surface area contributed by atoms with Crippen LogP contribution in [0.1, 0.15) is 17.8 Å². The maximum absolute atomic E-state index is 13.7. The Kier molecular flexibility index (Phi) is 3.59. The molecule has 0 spiro atoms. The first kappa shape index (κ1) is 13.9. The minimum Gasteiger partial charge on any atom is -0.375 e. The van der Waals surface area contributed by atoms with Crippen molar-refractivity contribution in [3.05, 3.63) is 64.8 Å². The van der Waals surface area contributed by atoms with Gasteiger partial charge in [-0.05, 0) is 36.6 Å². The molecule has 0 aliphatic rings. The van der Waals surface area contributed by atoms with Crippen molar-refractivity contribution in [2.45, 2.75) is 13.0 Å². The summed E-state index contributed by atoms with van der Waals surface area (Å²) in [5.74, 6) is -3.83. The summed E-state index contributed by atoms with van der Waals surface area (Å²) in [5.41, 5.74) is -0.0427. The maximum Gasteiger partial charge on any atom is 0.196 e. The zero-order valence-electron chi connectivity index (χ0n) is 11.2. The molecule has 1 N–H and O–H groups in total. The predicted molar refractivity (Wildman–Crippen MR) is 80.2 cm³/mol. The number of benzene rings is 2. The van der Waals surface area contributed by atoms with Crippen molar-refractivity contribution in [2.75, 3.05) is 5.32 Å². The average Bonchev–Trinajstić information content (AvgIpc) is 2.92. The van der Waals surface area contributed by atoms with Crippen molar-refractivity contribution in [1.29, 1.82) is 0 Å². The van der Waals surface area contributed by atoms with Crippen LogP contribution in [0.4, 0.5) is 18.9 Å². The molecule has 0 bridgehead atoms. The number of nitrogens with one attached hydrogen (secondary N) is 1. The first-order chi connectivity index (χ1) is 10.1. The van der Waals surface area contributed by atoms with Gasteiger partial charge < -0.3 is 5.32 Å². The first-order valence-electron chi connectivity index (χ1n) is 6.45. The number of anilines is 1. The van der Waals surface area contributed by atoms with E-state index in [4.69, 9.17) is 0 Å². The second-order valence-corrected chi connectivity index (χ2v) is 5.89. The summed E-state index contributed by atoms with van der Waals surface area (Å²) < 4.78 is 40.9. The standard InChI is InChI=1S/C16H12F3NS/c1-9(14-8-10-4-2-3-5-13(10)21-14)20-12-7-6-11(17)15(18)16(12)19/h2-9,20H,1H3. The zero-order valence-corrected chi connectivity index (χ0v) is 12.0. The molecule has 0 fully saturated rings. The van der Waals surface area contributed by atoms with E-state index >= 15 is 0 Å². The van der Waals surface area contributed by atoms with Gasteiger partial charge in [-0.2, -0.15) is 0 Å². The molecule has 3 rings (SSSR count). The third-order valence-electron chi connectivity index (χ3n) is 3.28. The van der Waals surface area contributed by atoms with Crippen LogP contribution in [0.3, 0.4) is 0 Å². The minimum absolute atomic E-state index is 0.0427. The molecule has 1 atom stereocenters. The largest absolute Gasteiger partial charge is 0.375 e. The van der Waals surface area contributed by atoms with E-state index in [0.29, 0.717) is 0 Å². The molecule has 0 amide bonds. The predicted octanol–water partition coefficient (Wildman–Crippen LogP) is 5.49. The lowest BCUT2D eigenvalue weighted by molar-refractivity contribution is 0.448. The highest BCUT2D eigenvalue weighted by Crippen LogP contribution is 2.32. The van der Waals surface area contributed by atoms with Gasteiger partial charge in [0.05, 0.1) is 11.7 Å². The summed E-state index contributed by atoms with van der Waals surface area (Å²) in [5, 5.41) is 3.99. The lowest BCUT2D eigenvalue weighted by atomic mass is 10.2. The van der Waals surface area contributed by atoms with E-state index in [9.17, 15) is 13.2 Å². The minimum atomic E-state index is -1.46. The van der Waals surface area contributed by atoms with Gasteiger partial charge in [-0.25, -0.2) is 13.2 Å². The van der Waals surface area contributed by atoms with Gasteiger partial charge in [-0.3, -0.25) is 0 Å². The molecule has 5 heteroatoms. The fourth-order valence-corrected chi connectivity index (χ4v) is 3.22. The van der Waals surface area contributed by atoms with Crippen LogP contribution in [-0.2, 0) is 0 Å². The lowest BCUT2D eigenvalue weighted by Crippen LogP contribution is -2.08. The van der Waals surface area contributed by atoms with Gasteiger partial charge in [-0.15, -0.1) is 11.3 Å². The molecule has 3 aromatic rings. The Morgan fingerprint density at radius 3 is 2.52 bits per heavy atom. The van der Waals surface area contributed by atoms with Crippen molar-refractivity contribution >= 4 is 27.1 Å². The smallest absolute Gasteiger partial charge is 0.196 e. The zero-order chi connectivity index (χ0) is 15.0. The molecular weight excluding hydrogens is 295 g/mol. The molecule has 1 nitrogen and oxygen atoms in total. The highest BCUT2D eigenvalue weighted by molar-refractivity contribution is 7.19. The van der Waals surface area contributed by atoms with Crippen LogP contribution in [0.5, 0.6) is 0 Å². The molecule has 1 unspecified atom stereocenters.